The van der Waals surface area contributed by atoms with Crippen molar-refractivity contribution < 1.29 is 0 Å². The maximum Gasteiger partial charge on any atom is 0.0506 e. The molecule has 92 valence electrons. The summed E-state index contributed by atoms with van der Waals surface area (Å²) in [6.45, 7) is 4.70. The molecule has 0 aliphatic carbocycles. The van der Waals surface area contributed by atoms with Crippen molar-refractivity contribution in [1.29, 1.82) is 0 Å². The van der Waals surface area contributed by atoms with Gasteiger partial charge in [-0.2, -0.15) is 0 Å². The summed E-state index contributed by atoms with van der Waals surface area (Å²) in [5, 5.41) is 4.21. The molecule has 1 atom stereocenters. The minimum atomic E-state index is 0.141. The second kappa shape index (κ2) is 6.39. The van der Waals surface area contributed by atoms with E-state index in [0.29, 0.717) is 0 Å². The zero-order valence-corrected chi connectivity index (χ0v) is 10.9. The lowest BCUT2D eigenvalue weighted by Crippen LogP contribution is -2.18. The number of hydrogen-bond donors (Lipinski definition) is 1. The van der Waals surface area contributed by atoms with Crippen molar-refractivity contribution in [2.75, 3.05) is 0 Å². The zero-order chi connectivity index (χ0) is 12.8. The van der Waals surface area contributed by atoms with Crippen LogP contribution < -0.4 is 5.32 Å². The van der Waals surface area contributed by atoms with Crippen molar-refractivity contribution >= 4 is 11.6 Å². The van der Waals surface area contributed by atoms with Crippen molar-refractivity contribution in [3.05, 3.63) is 83.4 Å². The molecule has 2 aromatic rings. The molecule has 0 saturated carbocycles. The number of nitrogens with one attached hydrogen (secondary N) is 1. The minimum Gasteiger partial charge on any atom is -0.303 e. The van der Waals surface area contributed by atoms with Crippen LogP contribution in [0.15, 0.2) is 67.3 Å². The Kier molecular flexibility index (Phi) is 4.57. The molecule has 0 aromatic heterocycles. The van der Waals surface area contributed by atoms with E-state index in [0.717, 1.165) is 11.6 Å². The largest absolute Gasteiger partial charge is 0.303 e. The van der Waals surface area contributed by atoms with Crippen LogP contribution in [0.25, 0.3) is 0 Å². The lowest BCUT2D eigenvalue weighted by Gasteiger charge is -2.15. The van der Waals surface area contributed by atoms with Crippen LogP contribution in [0.2, 0.25) is 5.02 Å². The van der Waals surface area contributed by atoms with Crippen molar-refractivity contribution in [3.8, 4) is 0 Å². The van der Waals surface area contributed by atoms with E-state index in [1.54, 1.807) is 0 Å². The predicted octanol–water partition coefficient (Wildman–Crippen LogP) is 4.36. The van der Waals surface area contributed by atoms with E-state index in [1.807, 2.05) is 48.5 Å². The summed E-state index contributed by atoms with van der Waals surface area (Å²) in [6.07, 6.45) is 1.91. The highest BCUT2D eigenvalue weighted by Crippen LogP contribution is 2.17. The van der Waals surface area contributed by atoms with Gasteiger partial charge in [-0.3, -0.25) is 0 Å². The fourth-order valence-electron chi connectivity index (χ4n) is 1.83. The summed E-state index contributed by atoms with van der Waals surface area (Å²) in [4.78, 5) is 0. The Labute approximate surface area is 113 Å². The highest BCUT2D eigenvalue weighted by atomic mass is 35.5. The molecule has 2 heteroatoms. The molecule has 0 heterocycles. The van der Waals surface area contributed by atoms with E-state index in [-0.39, 0.29) is 6.04 Å². The van der Waals surface area contributed by atoms with Gasteiger partial charge in [0.15, 0.2) is 0 Å². The van der Waals surface area contributed by atoms with Gasteiger partial charge in [-0.05, 0) is 23.3 Å². The van der Waals surface area contributed by atoms with Crippen LogP contribution in [0.5, 0.6) is 0 Å². The van der Waals surface area contributed by atoms with Crippen molar-refractivity contribution in [2.24, 2.45) is 0 Å². The maximum atomic E-state index is 5.89. The molecule has 0 radical (unpaired) electrons. The fraction of sp³-hybridized carbons (Fsp3) is 0.125. The predicted molar refractivity (Wildman–Crippen MR) is 77.7 cm³/mol. The maximum absolute atomic E-state index is 5.89. The van der Waals surface area contributed by atoms with Gasteiger partial charge < -0.3 is 5.32 Å². The summed E-state index contributed by atoms with van der Waals surface area (Å²) in [6, 6.07) is 18.3. The second-order valence-electron chi connectivity index (χ2n) is 4.13. The Balaban J connectivity index is 2.02. The Hall–Kier alpha value is -1.57. The van der Waals surface area contributed by atoms with Crippen LogP contribution in [0, 0.1) is 0 Å². The van der Waals surface area contributed by atoms with E-state index in [1.165, 1.54) is 11.1 Å². The molecule has 1 nitrogen and oxygen atoms in total. The summed E-state index contributed by atoms with van der Waals surface area (Å²) in [5.74, 6) is 0. The Bertz CT molecular complexity index is 490. The van der Waals surface area contributed by atoms with Gasteiger partial charge in [-0.25, -0.2) is 0 Å². The molecule has 0 fully saturated rings. The van der Waals surface area contributed by atoms with Gasteiger partial charge in [0.25, 0.3) is 0 Å². The third kappa shape index (κ3) is 3.46. The summed E-state index contributed by atoms with van der Waals surface area (Å²) < 4.78 is 0. The van der Waals surface area contributed by atoms with E-state index in [2.05, 4.69) is 24.0 Å². The highest BCUT2D eigenvalue weighted by Gasteiger charge is 2.06. The molecule has 0 aliphatic heterocycles. The van der Waals surface area contributed by atoms with Crippen molar-refractivity contribution in [2.45, 2.75) is 12.6 Å². The molecule has 18 heavy (non-hydrogen) atoms. The first-order valence-corrected chi connectivity index (χ1v) is 6.33. The summed E-state index contributed by atoms with van der Waals surface area (Å²) >= 11 is 5.89. The smallest absolute Gasteiger partial charge is 0.0506 e. The van der Waals surface area contributed by atoms with Crippen LogP contribution in [-0.4, -0.2) is 0 Å². The molecular weight excluding hydrogens is 242 g/mol. The molecular formula is C16H16ClN. The van der Waals surface area contributed by atoms with Gasteiger partial charge in [0, 0.05) is 11.6 Å². The van der Waals surface area contributed by atoms with Gasteiger partial charge in [-0.15, -0.1) is 6.58 Å². The van der Waals surface area contributed by atoms with Crippen molar-refractivity contribution in [1.82, 2.24) is 5.32 Å². The third-order valence-corrected chi connectivity index (χ3v) is 3.09. The number of halogens is 1. The van der Waals surface area contributed by atoms with Gasteiger partial charge in [-0.1, -0.05) is 60.1 Å². The average molecular weight is 258 g/mol. The quantitative estimate of drug-likeness (QED) is 0.785. The first-order chi connectivity index (χ1) is 8.79. The lowest BCUT2D eigenvalue weighted by molar-refractivity contribution is 0.622. The molecule has 0 saturated heterocycles. The van der Waals surface area contributed by atoms with Crippen LogP contribution in [0.4, 0.5) is 0 Å². The minimum absolute atomic E-state index is 0.141. The van der Waals surface area contributed by atoms with Crippen LogP contribution in [-0.2, 0) is 6.54 Å². The summed E-state index contributed by atoms with van der Waals surface area (Å²) in [7, 11) is 0. The SMILES string of the molecule is C=C[C@H](NCc1ccccc1)c1ccc(Cl)cc1. The second-order valence-corrected chi connectivity index (χ2v) is 4.57. The molecule has 0 bridgehead atoms. The fourth-order valence-corrected chi connectivity index (χ4v) is 1.96. The van der Waals surface area contributed by atoms with E-state index >= 15 is 0 Å². The van der Waals surface area contributed by atoms with Crippen LogP contribution in [0.3, 0.4) is 0 Å². The van der Waals surface area contributed by atoms with Gasteiger partial charge >= 0.3 is 0 Å². The van der Waals surface area contributed by atoms with Gasteiger partial charge in [0.2, 0.25) is 0 Å². The van der Waals surface area contributed by atoms with Crippen molar-refractivity contribution in [3.63, 3.8) is 0 Å². The Morgan fingerprint density at radius 1 is 1.06 bits per heavy atom. The number of benzene rings is 2. The zero-order valence-electron chi connectivity index (χ0n) is 10.1. The van der Waals surface area contributed by atoms with Gasteiger partial charge in [0.1, 0.15) is 0 Å². The molecule has 2 rings (SSSR count). The highest BCUT2D eigenvalue weighted by molar-refractivity contribution is 6.30. The normalized spacial score (nSPS) is 12.1. The molecule has 2 aromatic carbocycles. The third-order valence-electron chi connectivity index (χ3n) is 2.83. The summed E-state index contributed by atoms with van der Waals surface area (Å²) in [5.41, 5.74) is 2.43. The monoisotopic (exact) mass is 257 g/mol. The van der Waals surface area contributed by atoms with Crippen LogP contribution >= 0.6 is 11.6 Å². The number of hydrogen-bond acceptors (Lipinski definition) is 1. The topological polar surface area (TPSA) is 12.0 Å². The first kappa shape index (κ1) is 12.9. The van der Waals surface area contributed by atoms with E-state index < -0.39 is 0 Å². The first-order valence-electron chi connectivity index (χ1n) is 5.95. The molecule has 0 aliphatic rings. The molecule has 1 N–H and O–H groups in total. The van der Waals surface area contributed by atoms with Gasteiger partial charge in [0.05, 0.1) is 6.04 Å². The number of rotatable bonds is 5. The molecule has 0 amide bonds. The molecule has 0 unspecified atom stereocenters. The Morgan fingerprint density at radius 2 is 1.72 bits per heavy atom. The van der Waals surface area contributed by atoms with E-state index in [9.17, 15) is 0 Å². The molecule has 0 spiro atoms. The lowest BCUT2D eigenvalue weighted by atomic mass is 10.1. The standard InChI is InChI=1S/C16H16ClN/c1-2-16(14-8-10-15(17)11-9-14)18-12-13-6-4-3-5-7-13/h2-11,16,18H,1,12H2/t16-/m0/s1. The average Bonchev–Trinajstić information content (AvgIpc) is 2.42. The van der Waals surface area contributed by atoms with Crippen LogP contribution in [0.1, 0.15) is 17.2 Å². The Morgan fingerprint density at radius 3 is 2.33 bits per heavy atom. The van der Waals surface area contributed by atoms with E-state index in [4.69, 9.17) is 11.6 Å².